The lowest BCUT2D eigenvalue weighted by molar-refractivity contribution is -0.141. The first-order valence-corrected chi connectivity index (χ1v) is 9.30. The molecule has 8 heteroatoms. The van der Waals surface area contributed by atoms with E-state index in [4.69, 9.17) is 9.47 Å². The molecule has 0 saturated carbocycles. The molecule has 4 heterocycles. The number of carbonyl (C=O) groups excluding carboxylic acids is 1. The SMILES string of the molecule is O=C(COc1cccnc1)N1CCO[C@H](c2ccnc(N3CCCC3)n2)C1. The zero-order valence-corrected chi connectivity index (χ0v) is 15.2. The van der Waals surface area contributed by atoms with Gasteiger partial charge in [-0.2, -0.15) is 0 Å². The van der Waals surface area contributed by atoms with Crippen LogP contribution in [0.15, 0.2) is 36.8 Å². The van der Waals surface area contributed by atoms with Crippen molar-refractivity contribution in [1.82, 2.24) is 19.9 Å². The van der Waals surface area contributed by atoms with Gasteiger partial charge in [-0.1, -0.05) is 0 Å². The Kier molecular flexibility index (Phi) is 5.43. The summed E-state index contributed by atoms with van der Waals surface area (Å²) < 4.78 is 11.4. The summed E-state index contributed by atoms with van der Waals surface area (Å²) in [5, 5.41) is 0. The highest BCUT2D eigenvalue weighted by Gasteiger charge is 2.27. The number of hydrogen-bond donors (Lipinski definition) is 0. The Morgan fingerprint density at radius 1 is 1.22 bits per heavy atom. The van der Waals surface area contributed by atoms with Crippen LogP contribution in [0.4, 0.5) is 5.95 Å². The molecule has 2 aromatic rings. The lowest BCUT2D eigenvalue weighted by Crippen LogP contribution is -2.44. The minimum absolute atomic E-state index is 0.0127. The molecule has 2 aliphatic rings. The number of pyridine rings is 1. The highest BCUT2D eigenvalue weighted by Crippen LogP contribution is 2.23. The molecule has 142 valence electrons. The quantitative estimate of drug-likeness (QED) is 0.789. The Hall–Kier alpha value is -2.74. The molecular formula is C19H23N5O3. The highest BCUT2D eigenvalue weighted by molar-refractivity contribution is 5.77. The molecule has 2 aliphatic heterocycles. The van der Waals surface area contributed by atoms with E-state index in [0.29, 0.717) is 25.4 Å². The van der Waals surface area contributed by atoms with Crippen LogP contribution in [-0.2, 0) is 9.53 Å². The van der Waals surface area contributed by atoms with Gasteiger partial charge in [0, 0.05) is 32.0 Å². The second-order valence-corrected chi connectivity index (χ2v) is 6.65. The molecule has 4 rings (SSSR count). The van der Waals surface area contributed by atoms with E-state index in [9.17, 15) is 4.79 Å². The molecule has 0 aromatic carbocycles. The summed E-state index contributed by atoms with van der Waals surface area (Å²) in [6.45, 7) is 3.46. The number of anilines is 1. The first-order chi connectivity index (χ1) is 13.3. The molecule has 2 aromatic heterocycles. The van der Waals surface area contributed by atoms with Gasteiger partial charge in [0.25, 0.3) is 5.91 Å². The van der Waals surface area contributed by atoms with E-state index in [1.54, 1.807) is 35.6 Å². The molecule has 1 atom stereocenters. The Morgan fingerprint density at radius 3 is 2.93 bits per heavy atom. The maximum absolute atomic E-state index is 12.5. The normalized spacial score (nSPS) is 19.9. The van der Waals surface area contributed by atoms with Gasteiger partial charge >= 0.3 is 0 Å². The third-order valence-electron chi connectivity index (χ3n) is 4.80. The van der Waals surface area contributed by atoms with Crippen LogP contribution in [-0.4, -0.2) is 65.2 Å². The van der Waals surface area contributed by atoms with Gasteiger partial charge in [-0.15, -0.1) is 0 Å². The lowest BCUT2D eigenvalue weighted by atomic mass is 10.2. The largest absolute Gasteiger partial charge is 0.482 e. The summed E-state index contributed by atoms with van der Waals surface area (Å²) in [5.74, 6) is 1.26. The van der Waals surface area contributed by atoms with Crippen LogP contribution < -0.4 is 9.64 Å². The maximum atomic E-state index is 12.5. The van der Waals surface area contributed by atoms with Crippen molar-refractivity contribution < 1.29 is 14.3 Å². The molecule has 0 spiro atoms. The second-order valence-electron chi connectivity index (χ2n) is 6.65. The maximum Gasteiger partial charge on any atom is 0.260 e. The van der Waals surface area contributed by atoms with Crippen LogP contribution in [0.2, 0.25) is 0 Å². The van der Waals surface area contributed by atoms with Gasteiger partial charge in [-0.05, 0) is 31.0 Å². The number of carbonyl (C=O) groups is 1. The van der Waals surface area contributed by atoms with Gasteiger partial charge in [-0.3, -0.25) is 9.78 Å². The topological polar surface area (TPSA) is 80.7 Å². The Labute approximate surface area is 158 Å². The number of hydrogen-bond acceptors (Lipinski definition) is 7. The van der Waals surface area contributed by atoms with Crippen LogP contribution in [0.3, 0.4) is 0 Å². The van der Waals surface area contributed by atoms with E-state index >= 15 is 0 Å². The molecule has 2 fully saturated rings. The third-order valence-corrected chi connectivity index (χ3v) is 4.80. The van der Waals surface area contributed by atoms with Gasteiger partial charge in [0.05, 0.1) is 25.0 Å². The first-order valence-electron chi connectivity index (χ1n) is 9.30. The molecular weight excluding hydrogens is 346 g/mol. The average molecular weight is 369 g/mol. The van der Waals surface area contributed by atoms with E-state index in [1.807, 2.05) is 6.07 Å². The molecule has 0 bridgehead atoms. The monoisotopic (exact) mass is 369 g/mol. The van der Waals surface area contributed by atoms with Crippen molar-refractivity contribution >= 4 is 11.9 Å². The second kappa shape index (κ2) is 8.30. The van der Waals surface area contributed by atoms with Gasteiger partial charge < -0.3 is 19.3 Å². The highest BCUT2D eigenvalue weighted by atomic mass is 16.5. The fraction of sp³-hybridized carbons (Fsp3) is 0.474. The van der Waals surface area contributed by atoms with Crippen molar-refractivity contribution in [3.8, 4) is 5.75 Å². The Balaban J connectivity index is 1.37. The fourth-order valence-corrected chi connectivity index (χ4v) is 3.33. The number of morpholine rings is 1. The average Bonchev–Trinajstić information content (AvgIpc) is 3.28. The van der Waals surface area contributed by atoms with Crippen LogP contribution >= 0.6 is 0 Å². The standard InChI is InChI=1S/C19H23N5O3/c25-18(14-27-15-4-3-6-20-12-15)24-10-11-26-17(13-24)16-5-7-21-19(22-16)23-8-1-2-9-23/h3-7,12,17H,1-2,8-11,13-14H2/t17-/m0/s1. The van der Waals surface area contributed by atoms with Gasteiger partial charge in [0.2, 0.25) is 5.95 Å². The zero-order valence-electron chi connectivity index (χ0n) is 15.2. The molecule has 0 unspecified atom stereocenters. The van der Waals surface area contributed by atoms with Crippen molar-refractivity contribution in [3.05, 3.63) is 42.5 Å². The molecule has 27 heavy (non-hydrogen) atoms. The number of ether oxygens (including phenoxy) is 2. The molecule has 0 aliphatic carbocycles. The van der Waals surface area contributed by atoms with Crippen molar-refractivity contribution in [1.29, 1.82) is 0 Å². The Morgan fingerprint density at radius 2 is 2.11 bits per heavy atom. The van der Waals surface area contributed by atoms with Crippen molar-refractivity contribution in [2.45, 2.75) is 18.9 Å². The fourth-order valence-electron chi connectivity index (χ4n) is 3.33. The number of aromatic nitrogens is 3. The molecule has 1 amide bonds. The minimum atomic E-state index is -0.245. The summed E-state index contributed by atoms with van der Waals surface area (Å²) in [7, 11) is 0. The molecule has 0 radical (unpaired) electrons. The van der Waals surface area contributed by atoms with Crippen LogP contribution in [0.1, 0.15) is 24.6 Å². The van der Waals surface area contributed by atoms with E-state index in [-0.39, 0.29) is 18.6 Å². The lowest BCUT2D eigenvalue weighted by Gasteiger charge is -2.32. The van der Waals surface area contributed by atoms with Gasteiger partial charge in [-0.25, -0.2) is 9.97 Å². The molecule has 8 nitrogen and oxygen atoms in total. The summed E-state index contributed by atoms with van der Waals surface area (Å²) in [6.07, 6.45) is 7.13. The Bertz CT molecular complexity index is 767. The van der Waals surface area contributed by atoms with Gasteiger partial charge in [0.1, 0.15) is 11.9 Å². The third kappa shape index (κ3) is 4.33. The molecule has 0 N–H and O–H groups in total. The van der Waals surface area contributed by atoms with E-state index < -0.39 is 0 Å². The smallest absolute Gasteiger partial charge is 0.260 e. The van der Waals surface area contributed by atoms with Crippen molar-refractivity contribution in [2.24, 2.45) is 0 Å². The predicted octanol–water partition coefficient (Wildman–Crippen LogP) is 1.45. The molecule has 2 saturated heterocycles. The van der Waals surface area contributed by atoms with E-state index in [2.05, 4.69) is 19.9 Å². The van der Waals surface area contributed by atoms with E-state index in [0.717, 1.165) is 24.7 Å². The van der Waals surface area contributed by atoms with Crippen molar-refractivity contribution in [3.63, 3.8) is 0 Å². The van der Waals surface area contributed by atoms with Crippen LogP contribution in [0, 0.1) is 0 Å². The van der Waals surface area contributed by atoms with Gasteiger partial charge in [0.15, 0.2) is 6.61 Å². The van der Waals surface area contributed by atoms with Crippen LogP contribution in [0.25, 0.3) is 0 Å². The number of nitrogens with zero attached hydrogens (tertiary/aromatic N) is 5. The summed E-state index contributed by atoms with van der Waals surface area (Å²) in [4.78, 5) is 29.5. The first kappa shape index (κ1) is 17.7. The number of rotatable bonds is 5. The van der Waals surface area contributed by atoms with Crippen LogP contribution in [0.5, 0.6) is 5.75 Å². The number of amides is 1. The predicted molar refractivity (Wildman–Crippen MR) is 98.5 cm³/mol. The summed E-state index contributed by atoms with van der Waals surface area (Å²) in [5.41, 5.74) is 0.817. The summed E-state index contributed by atoms with van der Waals surface area (Å²) >= 11 is 0. The zero-order chi connectivity index (χ0) is 18.5. The van der Waals surface area contributed by atoms with E-state index in [1.165, 1.54) is 12.8 Å². The van der Waals surface area contributed by atoms with Crippen molar-refractivity contribution in [2.75, 3.05) is 44.3 Å². The summed E-state index contributed by atoms with van der Waals surface area (Å²) in [6, 6.07) is 5.42. The minimum Gasteiger partial charge on any atom is -0.482 e.